The number of amidine groups is 1. The summed E-state index contributed by atoms with van der Waals surface area (Å²) in [5.74, 6) is 1.07. The number of nitrogen functional groups attached to an aromatic ring is 1. The van der Waals surface area contributed by atoms with E-state index in [2.05, 4.69) is 26.8 Å². The highest BCUT2D eigenvalue weighted by atomic mass is 32.1. The van der Waals surface area contributed by atoms with Crippen LogP contribution in [-0.4, -0.2) is 21.7 Å². The predicted octanol–water partition coefficient (Wildman–Crippen LogP) is 2.24. The van der Waals surface area contributed by atoms with E-state index in [9.17, 15) is 0 Å². The molecule has 0 radical (unpaired) electrons. The molecule has 0 atom stereocenters. The normalized spacial score (nSPS) is 14.5. The largest absolute Gasteiger partial charge is 0.384 e. The van der Waals surface area contributed by atoms with Crippen molar-refractivity contribution in [2.45, 2.75) is 32.4 Å². The van der Waals surface area contributed by atoms with Gasteiger partial charge in [0.15, 0.2) is 0 Å². The molecule has 20 heavy (non-hydrogen) atoms. The molecule has 0 aliphatic heterocycles. The summed E-state index contributed by atoms with van der Waals surface area (Å²) >= 11 is 1.71. The van der Waals surface area contributed by atoms with Crippen LogP contribution in [-0.2, 0) is 13.6 Å². The number of thiophene rings is 1. The lowest BCUT2D eigenvalue weighted by Crippen LogP contribution is -2.29. The van der Waals surface area contributed by atoms with Gasteiger partial charge >= 0.3 is 0 Å². The average Bonchev–Trinajstić information content (AvgIpc) is 3.01. The molecular formula is C14H19N5S. The van der Waals surface area contributed by atoms with Crippen LogP contribution in [0.15, 0.2) is 16.8 Å². The molecule has 3 rings (SSSR count). The summed E-state index contributed by atoms with van der Waals surface area (Å²) in [6.45, 7) is 2.77. The van der Waals surface area contributed by atoms with Crippen LogP contribution in [0.4, 0.5) is 5.82 Å². The maximum absolute atomic E-state index is 7.83. The van der Waals surface area contributed by atoms with Crippen LogP contribution in [0.2, 0.25) is 0 Å². The number of nitrogens with zero attached hydrogens (tertiary/aromatic N) is 3. The highest BCUT2D eigenvalue weighted by Gasteiger charge is 2.33. The van der Waals surface area contributed by atoms with E-state index in [4.69, 9.17) is 11.1 Å². The Morgan fingerprint density at radius 3 is 2.90 bits per heavy atom. The Morgan fingerprint density at radius 2 is 2.35 bits per heavy atom. The zero-order valence-corrected chi connectivity index (χ0v) is 12.6. The van der Waals surface area contributed by atoms with Crippen molar-refractivity contribution in [2.75, 3.05) is 4.90 Å². The predicted molar refractivity (Wildman–Crippen MR) is 82.5 cm³/mol. The lowest BCUT2D eigenvalue weighted by molar-refractivity contribution is 0.691. The molecule has 0 saturated heterocycles. The van der Waals surface area contributed by atoms with Gasteiger partial charge in [0.2, 0.25) is 0 Å². The minimum absolute atomic E-state index is 0.0987. The highest BCUT2D eigenvalue weighted by molar-refractivity contribution is 7.07. The Labute approximate surface area is 122 Å². The Balaban J connectivity index is 2.01. The maximum Gasteiger partial charge on any atom is 0.138 e. The van der Waals surface area contributed by atoms with E-state index in [1.54, 1.807) is 11.3 Å². The maximum atomic E-state index is 7.83. The molecule has 1 aliphatic rings. The first-order chi connectivity index (χ1) is 9.58. The van der Waals surface area contributed by atoms with Crippen molar-refractivity contribution in [1.82, 2.24) is 9.78 Å². The summed E-state index contributed by atoms with van der Waals surface area (Å²) in [5, 5.41) is 16.6. The Kier molecular flexibility index (Phi) is 3.25. The van der Waals surface area contributed by atoms with E-state index in [-0.39, 0.29) is 5.84 Å². The van der Waals surface area contributed by atoms with E-state index >= 15 is 0 Å². The second kappa shape index (κ2) is 4.94. The third-order valence-corrected chi connectivity index (χ3v) is 4.39. The average molecular weight is 289 g/mol. The zero-order chi connectivity index (χ0) is 14.3. The summed E-state index contributed by atoms with van der Waals surface area (Å²) < 4.78 is 1.86. The molecule has 106 valence electrons. The number of aromatic nitrogens is 2. The molecule has 1 saturated carbocycles. The molecule has 0 spiro atoms. The van der Waals surface area contributed by atoms with Crippen LogP contribution >= 0.6 is 11.3 Å². The fraction of sp³-hybridized carbons (Fsp3) is 0.429. The molecule has 5 nitrogen and oxygen atoms in total. The minimum Gasteiger partial charge on any atom is -0.384 e. The van der Waals surface area contributed by atoms with Gasteiger partial charge in [-0.25, -0.2) is 0 Å². The van der Waals surface area contributed by atoms with Crippen molar-refractivity contribution in [2.24, 2.45) is 12.8 Å². The smallest absolute Gasteiger partial charge is 0.138 e. The fourth-order valence-electron chi connectivity index (χ4n) is 2.63. The first-order valence-electron chi connectivity index (χ1n) is 6.73. The molecule has 0 bridgehead atoms. The van der Waals surface area contributed by atoms with Crippen LogP contribution in [0.5, 0.6) is 0 Å². The number of aryl methyl sites for hydroxylation is 2. The summed E-state index contributed by atoms with van der Waals surface area (Å²) in [4.78, 5) is 2.35. The minimum atomic E-state index is 0.0987. The fourth-order valence-corrected chi connectivity index (χ4v) is 3.29. The standard InChI is InChI=1S/C14H19N5S/c1-9-12(13(15)16)14(18(2)17-9)19(11-3-4-11)7-10-5-6-20-8-10/h5-6,8,11H,3-4,7H2,1-2H3,(H3,15,16). The molecule has 2 aromatic rings. The molecule has 1 fully saturated rings. The summed E-state index contributed by atoms with van der Waals surface area (Å²) in [6.07, 6.45) is 2.40. The van der Waals surface area contributed by atoms with Gasteiger partial charge in [0.1, 0.15) is 11.7 Å². The number of anilines is 1. The van der Waals surface area contributed by atoms with Crippen LogP contribution in [0, 0.1) is 12.3 Å². The molecule has 0 unspecified atom stereocenters. The lowest BCUT2D eigenvalue weighted by Gasteiger charge is -2.25. The van der Waals surface area contributed by atoms with Crippen molar-refractivity contribution in [1.29, 1.82) is 5.41 Å². The topological polar surface area (TPSA) is 70.9 Å². The third-order valence-electron chi connectivity index (χ3n) is 3.65. The molecule has 3 N–H and O–H groups in total. The van der Waals surface area contributed by atoms with Crippen LogP contribution in [0.25, 0.3) is 0 Å². The van der Waals surface area contributed by atoms with Gasteiger partial charge in [-0.15, -0.1) is 0 Å². The third kappa shape index (κ3) is 2.31. The molecule has 2 heterocycles. The van der Waals surface area contributed by atoms with Gasteiger partial charge in [0.25, 0.3) is 0 Å². The zero-order valence-electron chi connectivity index (χ0n) is 11.8. The first kappa shape index (κ1) is 13.2. The van der Waals surface area contributed by atoms with Gasteiger partial charge < -0.3 is 10.6 Å². The van der Waals surface area contributed by atoms with E-state index in [1.165, 1.54) is 18.4 Å². The van der Waals surface area contributed by atoms with E-state index < -0.39 is 0 Å². The van der Waals surface area contributed by atoms with Crippen LogP contribution < -0.4 is 10.6 Å². The number of hydrogen-bond acceptors (Lipinski definition) is 4. The summed E-state index contributed by atoms with van der Waals surface area (Å²) in [6, 6.07) is 2.69. The molecule has 2 aromatic heterocycles. The van der Waals surface area contributed by atoms with Gasteiger partial charge in [0.05, 0.1) is 11.3 Å². The SMILES string of the molecule is Cc1nn(C)c(N(Cc2ccsc2)C2CC2)c1C(=N)N. The van der Waals surface area contributed by atoms with E-state index in [1.807, 2.05) is 18.7 Å². The van der Waals surface area contributed by atoms with Crippen molar-refractivity contribution >= 4 is 23.0 Å². The number of nitrogens with one attached hydrogen (secondary N) is 1. The van der Waals surface area contributed by atoms with Crippen molar-refractivity contribution in [3.05, 3.63) is 33.6 Å². The van der Waals surface area contributed by atoms with Crippen molar-refractivity contribution < 1.29 is 0 Å². The Morgan fingerprint density at radius 1 is 1.60 bits per heavy atom. The van der Waals surface area contributed by atoms with Gasteiger partial charge in [-0.2, -0.15) is 16.4 Å². The quantitative estimate of drug-likeness (QED) is 0.655. The van der Waals surface area contributed by atoms with Gasteiger partial charge in [0, 0.05) is 19.6 Å². The molecule has 0 amide bonds. The molecular weight excluding hydrogens is 270 g/mol. The highest BCUT2D eigenvalue weighted by Crippen LogP contribution is 2.35. The van der Waals surface area contributed by atoms with E-state index in [0.717, 1.165) is 23.6 Å². The summed E-state index contributed by atoms with van der Waals surface area (Å²) in [5.41, 5.74) is 8.66. The van der Waals surface area contributed by atoms with Gasteiger partial charge in [-0.3, -0.25) is 10.1 Å². The van der Waals surface area contributed by atoms with Crippen molar-refractivity contribution in [3.8, 4) is 0 Å². The van der Waals surface area contributed by atoms with E-state index in [0.29, 0.717) is 6.04 Å². The molecule has 6 heteroatoms. The van der Waals surface area contributed by atoms with Gasteiger partial charge in [-0.1, -0.05) is 0 Å². The van der Waals surface area contributed by atoms with Crippen molar-refractivity contribution in [3.63, 3.8) is 0 Å². The number of nitrogens with two attached hydrogens (primary N) is 1. The lowest BCUT2D eigenvalue weighted by atomic mass is 10.2. The Bertz CT molecular complexity index is 624. The number of hydrogen-bond donors (Lipinski definition) is 2. The second-order valence-corrected chi connectivity index (χ2v) is 6.09. The first-order valence-corrected chi connectivity index (χ1v) is 7.68. The van der Waals surface area contributed by atoms with Gasteiger partial charge in [-0.05, 0) is 42.2 Å². The Hall–Kier alpha value is -1.82. The molecule has 0 aromatic carbocycles. The van der Waals surface area contributed by atoms with Crippen LogP contribution in [0.1, 0.15) is 29.7 Å². The molecule has 1 aliphatic carbocycles. The monoisotopic (exact) mass is 289 g/mol. The number of rotatable bonds is 5. The summed E-state index contributed by atoms with van der Waals surface area (Å²) in [7, 11) is 1.93. The second-order valence-electron chi connectivity index (χ2n) is 5.31. The van der Waals surface area contributed by atoms with Crippen LogP contribution in [0.3, 0.4) is 0 Å².